The molecule has 2 unspecified atom stereocenters. The number of anilines is 2. The highest BCUT2D eigenvalue weighted by Gasteiger charge is 2.37. The number of benzene rings is 2. The minimum atomic E-state index is -1.09. The molecule has 0 saturated heterocycles. The quantitative estimate of drug-likeness (QED) is 0.828. The number of amides is 2. The van der Waals surface area contributed by atoms with Crippen molar-refractivity contribution in [3.05, 3.63) is 53.6 Å². The Hall–Kier alpha value is -3.35. The lowest BCUT2D eigenvalue weighted by Gasteiger charge is -2.36. The van der Waals surface area contributed by atoms with E-state index < -0.39 is 18.1 Å². The Labute approximate surface area is 162 Å². The topological polar surface area (TPSA) is 95.9 Å². The molecule has 0 radical (unpaired) electrons. The predicted octanol–water partition coefficient (Wildman–Crippen LogP) is 3.09. The number of nitrogens with one attached hydrogen (secondary N) is 1. The van der Waals surface area contributed by atoms with Gasteiger partial charge in [-0.15, -0.1) is 0 Å². The molecule has 0 aliphatic carbocycles. The molecule has 1 aliphatic rings. The van der Waals surface area contributed by atoms with Crippen molar-refractivity contribution >= 4 is 29.2 Å². The zero-order valence-electron chi connectivity index (χ0n) is 15.9. The number of ether oxygens (including phenoxy) is 1. The molecule has 28 heavy (non-hydrogen) atoms. The zero-order valence-corrected chi connectivity index (χ0v) is 15.9. The summed E-state index contributed by atoms with van der Waals surface area (Å²) >= 11 is 0. The number of fused-ring (bicyclic) bond motifs is 1. The number of hydrogen-bond donors (Lipinski definition) is 2. The number of aryl methyl sites for hydroxylation is 1. The van der Waals surface area contributed by atoms with Gasteiger partial charge < -0.3 is 15.2 Å². The molecular weight excluding hydrogens is 360 g/mol. The van der Waals surface area contributed by atoms with Crippen molar-refractivity contribution in [3.63, 3.8) is 0 Å². The van der Waals surface area contributed by atoms with Crippen LogP contribution in [0.2, 0.25) is 0 Å². The van der Waals surface area contributed by atoms with E-state index in [-0.39, 0.29) is 23.1 Å². The van der Waals surface area contributed by atoms with Gasteiger partial charge in [0.2, 0.25) is 5.91 Å². The monoisotopic (exact) mass is 382 g/mol. The number of rotatable bonds is 5. The van der Waals surface area contributed by atoms with Crippen LogP contribution in [-0.2, 0) is 16.0 Å². The maximum Gasteiger partial charge on any atom is 0.335 e. The summed E-state index contributed by atoms with van der Waals surface area (Å²) in [6.07, 6.45) is 0.0792. The second kappa shape index (κ2) is 7.72. The van der Waals surface area contributed by atoms with E-state index in [2.05, 4.69) is 5.32 Å². The van der Waals surface area contributed by atoms with Crippen LogP contribution < -0.4 is 15.0 Å². The molecule has 7 heteroatoms. The Bertz CT molecular complexity index is 923. The molecule has 1 aliphatic heterocycles. The highest BCUT2D eigenvalue weighted by molar-refractivity contribution is 6.08. The lowest BCUT2D eigenvalue weighted by molar-refractivity contribution is -0.128. The second-order valence-electron chi connectivity index (χ2n) is 6.67. The van der Waals surface area contributed by atoms with Crippen LogP contribution in [0, 0.1) is 0 Å². The number of carbonyl (C=O) groups is 3. The van der Waals surface area contributed by atoms with Crippen LogP contribution in [-0.4, -0.2) is 35.0 Å². The van der Waals surface area contributed by atoms with E-state index >= 15 is 0 Å². The van der Waals surface area contributed by atoms with Crippen LogP contribution in [0.1, 0.15) is 36.7 Å². The summed E-state index contributed by atoms with van der Waals surface area (Å²) in [7, 11) is 0. The first-order valence-corrected chi connectivity index (χ1v) is 9.08. The molecule has 146 valence electrons. The number of carboxylic acids is 1. The average Bonchev–Trinajstić information content (AvgIpc) is 2.68. The minimum Gasteiger partial charge on any atom is -0.479 e. The van der Waals surface area contributed by atoms with E-state index in [1.807, 2.05) is 31.2 Å². The molecule has 7 nitrogen and oxygen atoms in total. The van der Waals surface area contributed by atoms with Gasteiger partial charge in [-0.25, -0.2) is 4.79 Å². The van der Waals surface area contributed by atoms with E-state index in [1.165, 1.54) is 23.1 Å². The van der Waals surface area contributed by atoms with Crippen molar-refractivity contribution in [2.75, 3.05) is 10.2 Å². The van der Waals surface area contributed by atoms with E-state index in [9.17, 15) is 14.4 Å². The van der Waals surface area contributed by atoms with Crippen molar-refractivity contribution in [2.24, 2.45) is 0 Å². The summed E-state index contributed by atoms with van der Waals surface area (Å²) in [5.41, 5.74) is 2.22. The molecular formula is C21H22N2O5. The minimum absolute atomic E-state index is 0.0494. The zero-order chi connectivity index (χ0) is 20.4. The van der Waals surface area contributed by atoms with Crippen molar-refractivity contribution in [2.45, 2.75) is 39.3 Å². The number of carboxylic acid groups (broad SMARTS) is 1. The third-order valence-corrected chi connectivity index (χ3v) is 4.75. The Kier molecular flexibility index (Phi) is 5.35. The molecule has 2 aromatic carbocycles. The number of nitrogens with zero attached hydrogens (tertiary/aromatic N) is 1. The second-order valence-corrected chi connectivity index (χ2v) is 6.67. The fourth-order valence-electron chi connectivity index (χ4n) is 3.08. The third kappa shape index (κ3) is 3.69. The molecule has 2 aromatic rings. The van der Waals surface area contributed by atoms with E-state index in [0.717, 1.165) is 12.0 Å². The smallest absolute Gasteiger partial charge is 0.335 e. The number of hydrogen-bond acceptors (Lipinski definition) is 4. The molecule has 2 atom stereocenters. The van der Waals surface area contributed by atoms with Gasteiger partial charge in [-0.2, -0.15) is 0 Å². The summed E-state index contributed by atoms with van der Waals surface area (Å²) in [5.74, 6) is -1.54. The lowest BCUT2D eigenvalue weighted by atomic mass is 10.1. The summed E-state index contributed by atoms with van der Waals surface area (Å²) in [5, 5.41) is 12.0. The summed E-state index contributed by atoms with van der Waals surface area (Å²) in [4.78, 5) is 38.0. The van der Waals surface area contributed by atoms with E-state index in [4.69, 9.17) is 9.84 Å². The van der Waals surface area contributed by atoms with Gasteiger partial charge in [-0.05, 0) is 56.2 Å². The lowest BCUT2D eigenvalue weighted by Crippen LogP contribution is -2.52. The standard InChI is InChI=1S/C21H22N2O5/c1-4-14-5-8-16(9-6-14)22-19(24)12(2)23-17-10-7-15(21(26)27)11-18(17)28-13(3)20(23)25/h5-13H,4H2,1-3H3,(H,22,24)(H,26,27). The van der Waals surface area contributed by atoms with Gasteiger partial charge in [0.05, 0.1) is 11.3 Å². The first-order valence-electron chi connectivity index (χ1n) is 9.08. The molecule has 3 rings (SSSR count). The van der Waals surface area contributed by atoms with Gasteiger partial charge in [0, 0.05) is 5.69 Å². The van der Waals surface area contributed by atoms with Crippen molar-refractivity contribution in [1.82, 2.24) is 0 Å². The SMILES string of the molecule is CCc1ccc(NC(=O)C(C)N2C(=O)C(C)Oc3cc(C(=O)O)ccc32)cc1. The van der Waals surface area contributed by atoms with Crippen LogP contribution in [0.5, 0.6) is 5.75 Å². The van der Waals surface area contributed by atoms with Gasteiger partial charge in [0.1, 0.15) is 11.8 Å². The average molecular weight is 382 g/mol. The maximum atomic E-state index is 12.8. The van der Waals surface area contributed by atoms with Crippen molar-refractivity contribution < 1.29 is 24.2 Å². The summed E-state index contributed by atoms with van der Waals surface area (Å²) in [6, 6.07) is 10.9. The molecule has 0 spiro atoms. The molecule has 2 N–H and O–H groups in total. The highest BCUT2D eigenvalue weighted by atomic mass is 16.5. The molecule has 0 saturated carbocycles. The number of carbonyl (C=O) groups excluding carboxylic acids is 2. The van der Waals surface area contributed by atoms with Gasteiger partial charge in [0.15, 0.2) is 6.10 Å². The Morgan fingerprint density at radius 3 is 2.50 bits per heavy atom. The third-order valence-electron chi connectivity index (χ3n) is 4.75. The van der Waals surface area contributed by atoms with Gasteiger partial charge in [-0.1, -0.05) is 19.1 Å². The van der Waals surface area contributed by atoms with Gasteiger partial charge >= 0.3 is 5.97 Å². The largest absolute Gasteiger partial charge is 0.479 e. The predicted molar refractivity (Wildman–Crippen MR) is 105 cm³/mol. The normalized spacial score (nSPS) is 16.8. The number of aromatic carboxylic acids is 1. The van der Waals surface area contributed by atoms with Crippen LogP contribution >= 0.6 is 0 Å². The summed E-state index contributed by atoms with van der Waals surface area (Å²) in [6.45, 7) is 5.24. The molecule has 2 amide bonds. The molecule has 0 fully saturated rings. The molecule has 0 aromatic heterocycles. The first kappa shape index (κ1) is 19.4. The first-order chi connectivity index (χ1) is 13.3. The Morgan fingerprint density at radius 1 is 1.21 bits per heavy atom. The molecule has 1 heterocycles. The Balaban J connectivity index is 1.87. The fraction of sp³-hybridized carbons (Fsp3) is 0.286. The van der Waals surface area contributed by atoms with Crippen molar-refractivity contribution in [1.29, 1.82) is 0 Å². The van der Waals surface area contributed by atoms with Gasteiger partial charge in [-0.3, -0.25) is 14.5 Å². The molecule has 0 bridgehead atoms. The van der Waals surface area contributed by atoms with E-state index in [1.54, 1.807) is 13.8 Å². The Morgan fingerprint density at radius 2 is 1.89 bits per heavy atom. The van der Waals surface area contributed by atoms with Crippen LogP contribution in [0.25, 0.3) is 0 Å². The highest BCUT2D eigenvalue weighted by Crippen LogP contribution is 2.36. The van der Waals surface area contributed by atoms with E-state index in [0.29, 0.717) is 11.4 Å². The van der Waals surface area contributed by atoms with Crippen LogP contribution in [0.4, 0.5) is 11.4 Å². The van der Waals surface area contributed by atoms with Crippen LogP contribution in [0.15, 0.2) is 42.5 Å². The summed E-state index contributed by atoms with van der Waals surface area (Å²) < 4.78 is 5.55. The van der Waals surface area contributed by atoms with Crippen molar-refractivity contribution in [3.8, 4) is 5.75 Å². The van der Waals surface area contributed by atoms with Crippen LogP contribution in [0.3, 0.4) is 0 Å². The van der Waals surface area contributed by atoms with Gasteiger partial charge in [0.25, 0.3) is 5.91 Å². The fourth-order valence-corrected chi connectivity index (χ4v) is 3.08. The maximum absolute atomic E-state index is 12.8.